The second-order valence-corrected chi connectivity index (χ2v) is 7.04. The van der Waals surface area contributed by atoms with Crippen LogP contribution >= 0.6 is 11.8 Å². The maximum absolute atomic E-state index is 12.5. The largest absolute Gasteiger partial charge is 0.493 e. The molecule has 1 heterocycles. The number of carbonyl (C=O) groups excluding carboxylic acids is 1. The van der Waals surface area contributed by atoms with E-state index < -0.39 is 0 Å². The van der Waals surface area contributed by atoms with Crippen LogP contribution in [-0.2, 0) is 4.79 Å². The number of methoxy groups -OCH3 is 2. The van der Waals surface area contributed by atoms with Gasteiger partial charge in [-0.15, -0.1) is 11.8 Å². The molecular weight excluding hydrogens is 354 g/mol. The van der Waals surface area contributed by atoms with Gasteiger partial charge in [0.2, 0.25) is 5.91 Å². The molecule has 6 nitrogen and oxygen atoms in total. The molecule has 0 saturated carbocycles. The van der Waals surface area contributed by atoms with Gasteiger partial charge in [-0.1, -0.05) is 0 Å². The van der Waals surface area contributed by atoms with Gasteiger partial charge in [-0.25, -0.2) is 0 Å². The number of rotatable bonds is 6. The van der Waals surface area contributed by atoms with Crippen LogP contribution in [0.3, 0.4) is 0 Å². The van der Waals surface area contributed by atoms with Crippen LogP contribution in [0.4, 0.5) is 5.69 Å². The third-order valence-electron chi connectivity index (χ3n) is 3.85. The summed E-state index contributed by atoms with van der Waals surface area (Å²) in [5.74, 6) is 2.54. The molecule has 0 aromatic heterocycles. The van der Waals surface area contributed by atoms with Gasteiger partial charge in [0, 0.05) is 16.6 Å². The Bertz CT molecular complexity index is 795. The van der Waals surface area contributed by atoms with Crippen molar-refractivity contribution in [1.29, 1.82) is 0 Å². The summed E-state index contributed by atoms with van der Waals surface area (Å²) in [6, 6.07) is 11.0. The minimum Gasteiger partial charge on any atom is -0.493 e. The summed E-state index contributed by atoms with van der Waals surface area (Å²) in [5, 5.41) is 2.62. The Labute approximate surface area is 156 Å². The molecule has 0 saturated heterocycles. The molecule has 3 rings (SSSR count). The van der Waals surface area contributed by atoms with E-state index in [4.69, 9.17) is 18.9 Å². The Balaban J connectivity index is 1.64. The molecule has 1 amide bonds. The zero-order valence-corrected chi connectivity index (χ0v) is 15.7. The molecule has 0 radical (unpaired) electrons. The van der Waals surface area contributed by atoms with Gasteiger partial charge in [-0.05, 0) is 37.3 Å². The molecule has 0 aliphatic carbocycles. The summed E-state index contributed by atoms with van der Waals surface area (Å²) in [5.41, 5.74) is 0.680. The van der Waals surface area contributed by atoms with E-state index in [9.17, 15) is 4.79 Å². The van der Waals surface area contributed by atoms with Gasteiger partial charge in [0.05, 0.1) is 19.5 Å². The molecule has 0 fully saturated rings. The number of anilines is 1. The highest BCUT2D eigenvalue weighted by atomic mass is 32.2. The highest BCUT2D eigenvalue weighted by Gasteiger charge is 2.18. The van der Waals surface area contributed by atoms with Crippen LogP contribution in [0.25, 0.3) is 0 Å². The van der Waals surface area contributed by atoms with Crippen molar-refractivity contribution in [2.24, 2.45) is 0 Å². The van der Waals surface area contributed by atoms with Crippen molar-refractivity contribution >= 4 is 23.4 Å². The molecule has 0 spiro atoms. The van der Waals surface area contributed by atoms with E-state index in [2.05, 4.69) is 5.32 Å². The maximum Gasteiger partial charge on any atom is 0.237 e. The first-order valence-electron chi connectivity index (χ1n) is 8.20. The average Bonchev–Trinajstić information content (AvgIpc) is 2.67. The van der Waals surface area contributed by atoms with Crippen LogP contribution in [0.2, 0.25) is 0 Å². The molecule has 0 bridgehead atoms. The van der Waals surface area contributed by atoms with Gasteiger partial charge in [-0.2, -0.15) is 0 Å². The van der Waals surface area contributed by atoms with E-state index in [0.29, 0.717) is 41.9 Å². The van der Waals surface area contributed by atoms with Gasteiger partial charge in [0.15, 0.2) is 23.0 Å². The Morgan fingerprint density at radius 1 is 1.04 bits per heavy atom. The number of fused-ring (bicyclic) bond motifs is 1. The lowest BCUT2D eigenvalue weighted by Crippen LogP contribution is -2.22. The molecule has 7 heteroatoms. The Morgan fingerprint density at radius 2 is 1.77 bits per heavy atom. The first-order valence-corrected chi connectivity index (χ1v) is 9.08. The van der Waals surface area contributed by atoms with Gasteiger partial charge in [0.1, 0.15) is 13.2 Å². The molecule has 2 aromatic carbocycles. The molecule has 2 aromatic rings. The lowest BCUT2D eigenvalue weighted by Gasteiger charge is -2.19. The molecule has 0 unspecified atom stereocenters. The van der Waals surface area contributed by atoms with Crippen LogP contribution in [-0.4, -0.2) is 38.6 Å². The summed E-state index contributed by atoms with van der Waals surface area (Å²) in [7, 11) is 3.18. The zero-order chi connectivity index (χ0) is 18.5. The number of ether oxygens (including phenoxy) is 4. The molecule has 26 heavy (non-hydrogen) atoms. The van der Waals surface area contributed by atoms with Crippen molar-refractivity contribution in [3.63, 3.8) is 0 Å². The van der Waals surface area contributed by atoms with Crippen LogP contribution in [0, 0.1) is 0 Å². The summed E-state index contributed by atoms with van der Waals surface area (Å²) in [6.45, 7) is 2.91. The quantitative estimate of drug-likeness (QED) is 0.779. The average molecular weight is 375 g/mol. The maximum atomic E-state index is 12.5. The third-order valence-corrected chi connectivity index (χ3v) is 4.94. The molecule has 138 valence electrons. The summed E-state index contributed by atoms with van der Waals surface area (Å²) in [4.78, 5) is 13.4. The normalized spacial score (nSPS) is 13.7. The van der Waals surface area contributed by atoms with Crippen LogP contribution in [0.5, 0.6) is 23.0 Å². The van der Waals surface area contributed by atoms with E-state index in [1.165, 1.54) is 11.8 Å². The number of benzene rings is 2. The van der Waals surface area contributed by atoms with Crippen LogP contribution < -0.4 is 24.3 Å². The number of amides is 1. The van der Waals surface area contributed by atoms with Crippen molar-refractivity contribution in [3.8, 4) is 23.0 Å². The smallest absolute Gasteiger partial charge is 0.237 e. The number of hydrogen-bond donors (Lipinski definition) is 1. The Hall–Kier alpha value is -2.54. The topological polar surface area (TPSA) is 66.0 Å². The first kappa shape index (κ1) is 18.3. The van der Waals surface area contributed by atoms with Crippen molar-refractivity contribution in [2.45, 2.75) is 17.1 Å². The van der Waals surface area contributed by atoms with E-state index in [1.807, 2.05) is 25.1 Å². The van der Waals surface area contributed by atoms with E-state index in [1.54, 1.807) is 32.4 Å². The minimum absolute atomic E-state index is 0.0959. The molecule has 1 aliphatic heterocycles. The standard InChI is InChI=1S/C19H21NO5S/c1-12(26-14-5-7-15(22-2)17(11-14)23-3)19(21)20-13-4-6-16-18(10-13)25-9-8-24-16/h4-7,10-12H,8-9H2,1-3H3,(H,20,21)/t12-/m1/s1. The fourth-order valence-corrected chi connectivity index (χ4v) is 3.41. The van der Waals surface area contributed by atoms with Gasteiger partial charge < -0.3 is 24.3 Å². The molecular formula is C19H21NO5S. The van der Waals surface area contributed by atoms with E-state index in [0.717, 1.165) is 4.90 Å². The predicted octanol–water partition coefficient (Wildman–Crippen LogP) is 3.59. The van der Waals surface area contributed by atoms with Gasteiger partial charge in [-0.3, -0.25) is 4.79 Å². The number of thioether (sulfide) groups is 1. The third kappa shape index (κ3) is 4.16. The minimum atomic E-state index is -0.290. The van der Waals surface area contributed by atoms with E-state index >= 15 is 0 Å². The Kier molecular flexibility index (Phi) is 5.78. The van der Waals surface area contributed by atoms with Gasteiger partial charge >= 0.3 is 0 Å². The highest BCUT2D eigenvalue weighted by molar-refractivity contribution is 8.00. The summed E-state index contributed by atoms with van der Waals surface area (Å²) >= 11 is 1.44. The SMILES string of the molecule is COc1ccc(S[C@H](C)C(=O)Nc2ccc3c(c2)OCCO3)cc1OC. The van der Waals surface area contributed by atoms with E-state index in [-0.39, 0.29) is 11.2 Å². The fraction of sp³-hybridized carbons (Fsp3) is 0.316. The lowest BCUT2D eigenvalue weighted by molar-refractivity contribution is -0.115. The van der Waals surface area contributed by atoms with Crippen molar-refractivity contribution < 1.29 is 23.7 Å². The van der Waals surface area contributed by atoms with Crippen molar-refractivity contribution in [1.82, 2.24) is 0 Å². The monoisotopic (exact) mass is 375 g/mol. The molecule has 1 atom stereocenters. The molecule has 1 aliphatic rings. The van der Waals surface area contributed by atoms with Crippen LogP contribution in [0.15, 0.2) is 41.3 Å². The first-order chi connectivity index (χ1) is 12.6. The highest BCUT2D eigenvalue weighted by Crippen LogP contribution is 2.35. The van der Waals surface area contributed by atoms with Crippen molar-refractivity contribution in [2.75, 3.05) is 32.8 Å². The lowest BCUT2D eigenvalue weighted by atomic mass is 10.2. The summed E-state index contributed by atoms with van der Waals surface area (Å²) in [6.07, 6.45) is 0. The zero-order valence-electron chi connectivity index (χ0n) is 14.9. The number of carbonyl (C=O) groups is 1. The number of hydrogen-bond acceptors (Lipinski definition) is 6. The second kappa shape index (κ2) is 8.23. The molecule has 1 N–H and O–H groups in total. The summed E-state index contributed by atoms with van der Waals surface area (Å²) < 4.78 is 21.6. The van der Waals surface area contributed by atoms with Crippen LogP contribution in [0.1, 0.15) is 6.92 Å². The predicted molar refractivity (Wildman–Crippen MR) is 101 cm³/mol. The van der Waals surface area contributed by atoms with Crippen molar-refractivity contribution in [3.05, 3.63) is 36.4 Å². The number of nitrogens with one attached hydrogen (secondary N) is 1. The fourth-order valence-electron chi connectivity index (χ4n) is 2.51. The Morgan fingerprint density at radius 3 is 2.50 bits per heavy atom. The van der Waals surface area contributed by atoms with Gasteiger partial charge in [0.25, 0.3) is 0 Å². The second-order valence-electron chi connectivity index (χ2n) is 5.62.